The summed E-state index contributed by atoms with van der Waals surface area (Å²) in [4.78, 5) is 54.7. The summed E-state index contributed by atoms with van der Waals surface area (Å²) in [7, 11) is 1.50. The van der Waals surface area contributed by atoms with Crippen molar-refractivity contribution in [2.75, 3.05) is 33.3 Å². The van der Waals surface area contributed by atoms with Crippen molar-refractivity contribution in [3.63, 3.8) is 0 Å². The molecule has 0 saturated carbocycles. The van der Waals surface area contributed by atoms with Crippen molar-refractivity contribution in [3.8, 4) is 17.0 Å². The number of piperidine rings is 1. The summed E-state index contributed by atoms with van der Waals surface area (Å²) in [6.45, 7) is 9.97. The Morgan fingerprint density at radius 1 is 0.907 bits per heavy atom. The molecule has 2 saturated heterocycles. The van der Waals surface area contributed by atoms with Crippen molar-refractivity contribution in [1.82, 2.24) is 19.8 Å². The Morgan fingerprint density at radius 3 is 2.26 bits per heavy atom. The topological polar surface area (TPSA) is 100.0 Å². The summed E-state index contributed by atoms with van der Waals surface area (Å²) in [5.41, 5.74) is 5.24. The maximum absolute atomic E-state index is 13.6. The van der Waals surface area contributed by atoms with Gasteiger partial charge in [-0.2, -0.15) is 0 Å². The van der Waals surface area contributed by atoms with E-state index in [1.807, 2.05) is 47.4 Å². The lowest BCUT2D eigenvalue weighted by Gasteiger charge is -2.28. The van der Waals surface area contributed by atoms with Crippen molar-refractivity contribution < 1.29 is 19.1 Å². The van der Waals surface area contributed by atoms with Crippen LogP contribution in [0.25, 0.3) is 32.7 Å². The average molecular weight is 574 g/mol. The second-order valence-electron chi connectivity index (χ2n) is 10.8. The molecule has 4 aromatic rings. The van der Waals surface area contributed by atoms with Gasteiger partial charge >= 0.3 is 0 Å². The second kappa shape index (κ2) is 11.9. The zero-order valence-corrected chi connectivity index (χ0v) is 23.9. The third kappa shape index (κ3) is 5.28. The molecule has 2 fully saturated rings. The fraction of sp³-hybridized carbons (Fsp3) is 0.265. The Morgan fingerprint density at radius 2 is 1.60 bits per heavy atom. The molecule has 43 heavy (non-hydrogen) atoms. The highest BCUT2D eigenvalue weighted by Crippen LogP contribution is 2.35. The van der Waals surface area contributed by atoms with Crippen molar-refractivity contribution in [2.24, 2.45) is 0 Å². The number of carbonyl (C=O) groups is 3. The van der Waals surface area contributed by atoms with E-state index in [4.69, 9.17) is 11.3 Å². The van der Waals surface area contributed by atoms with E-state index in [1.54, 1.807) is 23.2 Å². The number of nitrogens with zero attached hydrogens (tertiary/aromatic N) is 4. The van der Waals surface area contributed by atoms with Crippen molar-refractivity contribution >= 4 is 34.2 Å². The van der Waals surface area contributed by atoms with Crippen molar-refractivity contribution in [1.29, 1.82) is 0 Å². The number of pyridine rings is 1. The van der Waals surface area contributed by atoms with Crippen LogP contribution in [0.2, 0.25) is 0 Å². The van der Waals surface area contributed by atoms with E-state index in [9.17, 15) is 14.4 Å². The standard InChI is InChI=1S/C34H31N5O4/c1-35-29(22-8-4-3-5-9-22)24-14-18-39(19-15-24)34(42)32(40)26-20-36-31-28(26)27(43-2)21-37-30(31)23-10-12-25(13-11-23)33(41)38-16-6-7-17-38/h3-5,8-13,20-21,36H,6-7,14-19H2,2H3. The van der Waals surface area contributed by atoms with E-state index in [0.717, 1.165) is 42.6 Å². The number of H-pyrrole nitrogens is 1. The Labute approximate surface area is 249 Å². The van der Waals surface area contributed by atoms with Crippen LogP contribution in [-0.4, -0.2) is 70.7 Å². The molecule has 2 amide bonds. The minimum atomic E-state index is -0.630. The molecule has 0 unspecified atom stereocenters. The van der Waals surface area contributed by atoms with Gasteiger partial charge in [-0.25, -0.2) is 4.85 Å². The number of nitrogens with one attached hydrogen (secondary N) is 1. The number of fused-ring (bicyclic) bond motifs is 1. The average Bonchev–Trinajstić information content (AvgIpc) is 3.76. The minimum Gasteiger partial charge on any atom is -0.494 e. The van der Waals surface area contributed by atoms with Gasteiger partial charge in [0, 0.05) is 43.5 Å². The Kier molecular flexibility index (Phi) is 7.75. The molecular weight excluding hydrogens is 542 g/mol. The first-order chi connectivity index (χ1) is 21.0. The highest BCUT2D eigenvalue weighted by atomic mass is 16.5. The monoisotopic (exact) mass is 573 g/mol. The molecule has 4 heterocycles. The fourth-order valence-corrected chi connectivity index (χ4v) is 5.96. The van der Waals surface area contributed by atoms with E-state index in [-0.39, 0.29) is 11.5 Å². The highest BCUT2D eigenvalue weighted by Gasteiger charge is 2.30. The van der Waals surface area contributed by atoms with Crippen LogP contribution < -0.4 is 4.74 Å². The third-order valence-electron chi connectivity index (χ3n) is 8.28. The van der Waals surface area contributed by atoms with Crippen LogP contribution in [0, 0.1) is 6.57 Å². The molecule has 0 radical (unpaired) electrons. The van der Waals surface area contributed by atoms with E-state index in [2.05, 4.69) is 14.8 Å². The van der Waals surface area contributed by atoms with Crippen molar-refractivity contribution in [3.05, 3.63) is 101 Å². The summed E-state index contributed by atoms with van der Waals surface area (Å²) in [5, 5.41) is 0.486. The van der Waals surface area contributed by atoms with Crippen LogP contribution in [0.1, 0.15) is 52.0 Å². The van der Waals surface area contributed by atoms with Gasteiger partial charge in [0.2, 0.25) is 0 Å². The summed E-state index contributed by atoms with van der Waals surface area (Å²) >= 11 is 0. The first kappa shape index (κ1) is 27.9. The molecule has 2 aliphatic rings. The zero-order valence-electron chi connectivity index (χ0n) is 23.9. The van der Waals surface area contributed by atoms with Gasteiger partial charge in [-0.15, -0.1) is 0 Å². The fourth-order valence-electron chi connectivity index (χ4n) is 5.96. The molecular formula is C34H31N5O4. The molecule has 9 nitrogen and oxygen atoms in total. The summed E-state index contributed by atoms with van der Waals surface area (Å²) in [6.07, 6.45) is 6.21. The Bertz CT molecular complexity index is 1770. The number of hydrogen-bond acceptors (Lipinski definition) is 5. The van der Waals surface area contributed by atoms with Crippen LogP contribution in [0.3, 0.4) is 0 Å². The number of carbonyl (C=O) groups excluding carboxylic acids is 3. The predicted molar refractivity (Wildman–Crippen MR) is 163 cm³/mol. The zero-order chi connectivity index (χ0) is 29.9. The predicted octanol–water partition coefficient (Wildman–Crippen LogP) is 5.61. The molecule has 6 rings (SSSR count). The number of amides is 2. The van der Waals surface area contributed by atoms with Gasteiger partial charge in [0.1, 0.15) is 5.75 Å². The summed E-state index contributed by atoms with van der Waals surface area (Å²) in [5.74, 6) is -0.817. The number of ketones is 1. The number of ether oxygens (including phenoxy) is 1. The van der Waals surface area contributed by atoms with Crippen LogP contribution in [-0.2, 0) is 4.79 Å². The number of aromatic amines is 1. The molecule has 0 bridgehead atoms. The SMILES string of the molecule is [C-]#[N+]C(=C1CCN(C(=O)C(=O)c2c[nH]c3c(-c4ccc(C(=O)N5CCCC5)cc4)ncc(OC)c23)CC1)c1ccccc1. The van der Waals surface area contributed by atoms with Gasteiger partial charge in [0.05, 0.1) is 42.0 Å². The first-order valence-corrected chi connectivity index (χ1v) is 14.4. The highest BCUT2D eigenvalue weighted by molar-refractivity contribution is 6.45. The molecule has 0 spiro atoms. The quantitative estimate of drug-likeness (QED) is 0.184. The smallest absolute Gasteiger partial charge is 0.295 e. The summed E-state index contributed by atoms with van der Waals surface area (Å²) < 4.78 is 5.55. The maximum atomic E-state index is 13.6. The second-order valence-corrected chi connectivity index (χ2v) is 10.8. The van der Waals surface area contributed by atoms with Crippen LogP contribution in [0.4, 0.5) is 0 Å². The molecule has 2 aliphatic heterocycles. The van der Waals surface area contributed by atoms with Gasteiger partial charge in [-0.1, -0.05) is 48.0 Å². The molecule has 1 N–H and O–H groups in total. The number of hydrogen-bond donors (Lipinski definition) is 1. The van der Waals surface area contributed by atoms with Crippen LogP contribution >= 0.6 is 0 Å². The maximum Gasteiger partial charge on any atom is 0.295 e. The largest absolute Gasteiger partial charge is 0.494 e. The molecule has 0 aliphatic carbocycles. The molecule has 216 valence electrons. The van der Waals surface area contributed by atoms with Crippen LogP contribution in [0.5, 0.6) is 5.75 Å². The van der Waals surface area contributed by atoms with Crippen molar-refractivity contribution in [2.45, 2.75) is 25.7 Å². The molecule has 0 atom stereocenters. The van der Waals surface area contributed by atoms with E-state index >= 15 is 0 Å². The summed E-state index contributed by atoms with van der Waals surface area (Å²) in [6, 6.07) is 16.8. The number of benzene rings is 2. The Hall–Kier alpha value is -5.23. The van der Waals surface area contributed by atoms with E-state index < -0.39 is 11.7 Å². The van der Waals surface area contributed by atoms with Gasteiger partial charge < -0.3 is 19.5 Å². The van der Waals surface area contributed by atoms with E-state index in [1.165, 1.54) is 13.3 Å². The van der Waals surface area contributed by atoms with E-state index in [0.29, 0.717) is 59.5 Å². The lowest BCUT2D eigenvalue weighted by molar-refractivity contribution is -0.126. The third-order valence-corrected chi connectivity index (χ3v) is 8.28. The molecule has 9 heteroatoms. The number of Topliss-reactive ketones (excluding diaryl/α,β-unsaturated/α-hetero) is 1. The lowest BCUT2D eigenvalue weighted by Crippen LogP contribution is -2.40. The van der Waals surface area contributed by atoms with Gasteiger partial charge in [-0.3, -0.25) is 19.4 Å². The molecule has 2 aromatic heterocycles. The van der Waals surface area contributed by atoms with Gasteiger partial charge in [0.15, 0.2) is 5.70 Å². The minimum absolute atomic E-state index is 0.0221. The number of likely N-dealkylation sites (tertiary alicyclic amines) is 2. The normalized spacial score (nSPS) is 14.9. The molecule has 2 aromatic carbocycles. The van der Waals surface area contributed by atoms with Crippen LogP contribution in [0.15, 0.2) is 72.6 Å². The lowest BCUT2D eigenvalue weighted by atomic mass is 9.97. The Balaban J connectivity index is 1.24. The van der Waals surface area contributed by atoms with Gasteiger partial charge in [0.25, 0.3) is 17.6 Å². The number of aromatic nitrogens is 2. The number of rotatable bonds is 6. The van der Waals surface area contributed by atoms with Gasteiger partial charge in [-0.05, 0) is 43.4 Å². The first-order valence-electron chi connectivity index (χ1n) is 14.4. The number of methoxy groups -OCH3 is 1.